The van der Waals surface area contributed by atoms with Gasteiger partial charge in [-0.25, -0.2) is 0 Å². The van der Waals surface area contributed by atoms with E-state index < -0.39 is 0 Å². The molecule has 3 atom stereocenters. The van der Waals surface area contributed by atoms with Gasteiger partial charge >= 0.3 is 0 Å². The van der Waals surface area contributed by atoms with Gasteiger partial charge in [0.25, 0.3) is 0 Å². The summed E-state index contributed by atoms with van der Waals surface area (Å²) < 4.78 is 0. The second-order valence-electron chi connectivity index (χ2n) is 4.85. The van der Waals surface area contributed by atoms with Gasteiger partial charge in [-0.3, -0.25) is 0 Å². The van der Waals surface area contributed by atoms with Crippen LogP contribution < -0.4 is 0 Å². The smallest absolute Gasteiger partial charge is 0.0272 e. The molecule has 0 bridgehead atoms. The van der Waals surface area contributed by atoms with Gasteiger partial charge < -0.3 is 0 Å². The predicted molar refractivity (Wildman–Crippen MR) is 50.5 cm³/mol. The first kappa shape index (κ1) is 9.09. The van der Waals surface area contributed by atoms with E-state index in [9.17, 15) is 0 Å². The van der Waals surface area contributed by atoms with E-state index in [1.165, 1.54) is 12.8 Å². The van der Waals surface area contributed by atoms with E-state index in [0.29, 0.717) is 5.41 Å². The van der Waals surface area contributed by atoms with Gasteiger partial charge in [0.05, 0.1) is 0 Å². The maximum atomic E-state index is 2.46. The largest absolute Gasteiger partial charge is 0.0648 e. The Bertz CT molecular complexity index is 137. The molecule has 11 heavy (non-hydrogen) atoms. The summed E-state index contributed by atoms with van der Waals surface area (Å²) in [6.07, 6.45) is 2.82. The van der Waals surface area contributed by atoms with Crippen LogP contribution in [0.3, 0.4) is 0 Å². The van der Waals surface area contributed by atoms with Crippen LogP contribution in [0, 0.1) is 23.2 Å². The van der Waals surface area contributed by atoms with Crippen molar-refractivity contribution in [2.45, 2.75) is 47.5 Å². The van der Waals surface area contributed by atoms with E-state index in [1.54, 1.807) is 0 Å². The Morgan fingerprint density at radius 1 is 1.45 bits per heavy atom. The van der Waals surface area contributed by atoms with Crippen molar-refractivity contribution in [3.63, 3.8) is 0 Å². The molecule has 0 aromatic carbocycles. The van der Waals surface area contributed by atoms with Gasteiger partial charge in [0, 0.05) is 0 Å². The summed E-state index contributed by atoms with van der Waals surface area (Å²) in [4.78, 5) is 0. The molecule has 3 unspecified atom stereocenters. The molecule has 0 heterocycles. The Labute approximate surface area is 71.4 Å². The maximum Gasteiger partial charge on any atom is -0.0272 e. The molecule has 0 nitrogen and oxygen atoms in total. The van der Waals surface area contributed by atoms with Crippen LogP contribution in [0.2, 0.25) is 0 Å². The highest BCUT2D eigenvalue weighted by atomic mass is 14.5. The molecule has 1 saturated carbocycles. The summed E-state index contributed by atoms with van der Waals surface area (Å²) in [5.74, 6) is 2.83. The predicted octanol–water partition coefficient (Wildman–Crippen LogP) is 3.71. The van der Waals surface area contributed by atoms with E-state index in [2.05, 4.69) is 34.6 Å². The molecule has 0 amide bonds. The fraction of sp³-hybridized carbons (Fsp3) is 1.00. The minimum absolute atomic E-state index is 0.661. The van der Waals surface area contributed by atoms with E-state index in [4.69, 9.17) is 0 Å². The second kappa shape index (κ2) is 2.80. The fourth-order valence-electron chi connectivity index (χ4n) is 2.77. The molecule has 0 aromatic heterocycles. The summed E-state index contributed by atoms with van der Waals surface area (Å²) in [5, 5.41) is 0. The molecule has 0 heteroatoms. The van der Waals surface area contributed by atoms with Crippen molar-refractivity contribution in [1.29, 1.82) is 0 Å². The van der Waals surface area contributed by atoms with Crippen molar-refractivity contribution >= 4 is 0 Å². The van der Waals surface area contributed by atoms with E-state index in [1.807, 2.05) is 0 Å². The Morgan fingerprint density at radius 2 is 2.00 bits per heavy atom. The minimum atomic E-state index is 0.661. The first-order valence-corrected chi connectivity index (χ1v) is 5.02. The van der Waals surface area contributed by atoms with Crippen LogP contribution in [0.5, 0.6) is 0 Å². The molecule has 1 aliphatic carbocycles. The minimum Gasteiger partial charge on any atom is -0.0648 e. The lowest BCUT2D eigenvalue weighted by atomic mass is 9.50. The highest BCUT2D eigenvalue weighted by Gasteiger charge is 2.48. The second-order valence-corrected chi connectivity index (χ2v) is 4.85. The van der Waals surface area contributed by atoms with Crippen molar-refractivity contribution in [2.75, 3.05) is 0 Å². The SMILES string of the molecule is CCC1(C)C(C)CC1C(C)C. The summed E-state index contributed by atoms with van der Waals surface area (Å²) in [6.45, 7) is 11.9. The Kier molecular flexibility index (Phi) is 2.32. The highest BCUT2D eigenvalue weighted by molar-refractivity contribution is 4.97. The molecule has 1 rings (SSSR count). The van der Waals surface area contributed by atoms with Gasteiger partial charge in [0.2, 0.25) is 0 Å². The molecular weight excluding hydrogens is 132 g/mol. The van der Waals surface area contributed by atoms with E-state index in [-0.39, 0.29) is 0 Å². The van der Waals surface area contributed by atoms with Crippen LogP contribution in [0.4, 0.5) is 0 Å². The van der Waals surface area contributed by atoms with Crippen molar-refractivity contribution < 1.29 is 0 Å². The third-order valence-corrected chi connectivity index (χ3v) is 4.15. The van der Waals surface area contributed by atoms with Crippen LogP contribution in [0.25, 0.3) is 0 Å². The summed E-state index contributed by atoms with van der Waals surface area (Å²) >= 11 is 0. The molecule has 0 N–H and O–H groups in total. The van der Waals surface area contributed by atoms with E-state index in [0.717, 1.165) is 17.8 Å². The zero-order chi connectivity index (χ0) is 8.65. The van der Waals surface area contributed by atoms with Gasteiger partial charge in [-0.1, -0.05) is 41.0 Å². The van der Waals surface area contributed by atoms with Crippen molar-refractivity contribution in [3.05, 3.63) is 0 Å². The third-order valence-electron chi connectivity index (χ3n) is 4.15. The monoisotopic (exact) mass is 154 g/mol. The number of rotatable bonds is 2. The number of hydrogen-bond acceptors (Lipinski definition) is 0. The average molecular weight is 154 g/mol. The molecule has 1 aliphatic rings. The first-order valence-electron chi connectivity index (χ1n) is 5.02. The molecule has 0 radical (unpaired) electrons. The van der Waals surface area contributed by atoms with E-state index >= 15 is 0 Å². The lowest BCUT2D eigenvalue weighted by molar-refractivity contribution is -0.0572. The van der Waals surface area contributed by atoms with Crippen LogP contribution in [0.15, 0.2) is 0 Å². The van der Waals surface area contributed by atoms with Gasteiger partial charge in [-0.2, -0.15) is 0 Å². The van der Waals surface area contributed by atoms with Crippen molar-refractivity contribution in [1.82, 2.24) is 0 Å². The fourth-order valence-corrected chi connectivity index (χ4v) is 2.77. The molecule has 0 spiro atoms. The third kappa shape index (κ3) is 1.21. The molecule has 0 saturated heterocycles. The highest BCUT2D eigenvalue weighted by Crippen LogP contribution is 2.56. The summed E-state index contributed by atoms with van der Waals surface area (Å²) in [5.41, 5.74) is 0.661. The normalized spacial score (nSPS) is 44.2. The zero-order valence-corrected chi connectivity index (χ0v) is 8.65. The van der Waals surface area contributed by atoms with Crippen LogP contribution >= 0.6 is 0 Å². The standard InChI is InChI=1S/C11H22/c1-6-11(5)9(4)7-10(11)8(2)3/h8-10H,6-7H2,1-5H3. The first-order chi connectivity index (χ1) is 5.02. The Hall–Kier alpha value is 0. The average Bonchev–Trinajstić information content (AvgIpc) is 1.97. The topological polar surface area (TPSA) is 0 Å². The Balaban J connectivity index is 2.61. The number of hydrogen-bond donors (Lipinski definition) is 0. The van der Waals surface area contributed by atoms with Gasteiger partial charge in [-0.15, -0.1) is 0 Å². The van der Waals surface area contributed by atoms with Crippen molar-refractivity contribution in [2.24, 2.45) is 23.2 Å². The molecule has 1 fully saturated rings. The van der Waals surface area contributed by atoms with Gasteiger partial charge in [0.15, 0.2) is 0 Å². The molecule has 0 aliphatic heterocycles. The summed E-state index contributed by atoms with van der Waals surface area (Å²) in [6, 6.07) is 0. The maximum absolute atomic E-state index is 2.46. The lowest BCUT2D eigenvalue weighted by Crippen LogP contribution is -2.47. The molecule has 0 aromatic rings. The van der Waals surface area contributed by atoms with Gasteiger partial charge in [-0.05, 0) is 29.6 Å². The lowest BCUT2D eigenvalue weighted by Gasteiger charge is -2.55. The summed E-state index contributed by atoms with van der Waals surface area (Å²) in [7, 11) is 0. The van der Waals surface area contributed by atoms with Gasteiger partial charge in [0.1, 0.15) is 0 Å². The van der Waals surface area contributed by atoms with Crippen LogP contribution in [-0.4, -0.2) is 0 Å². The van der Waals surface area contributed by atoms with Crippen molar-refractivity contribution in [3.8, 4) is 0 Å². The quantitative estimate of drug-likeness (QED) is 0.568. The van der Waals surface area contributed by atoms with Crippen LogP contribution in [0.1, 0.15) is 47.5 Å². The zero-order valence-electron chi connectivity index (χ0n) is 8.65. The molecule has 66 valence electrons. The Morgan fingerprint density at radius 3 is 2.18 bits per heavy atom. The van der Waals surface area contributed by atoms with Crippen LogP contribution in [-0.2, 0) is 0 Å². The molecular formula is C11H22.